The Morgan fingerprint density at radius 2 is 1.62 bits per heavy atom. The van der Waals surface area contributed by atoms with Crippen molar-refractivity contribution in [2.24, 2.45) is 0 Å². The molecule has 2 aromatic rings. The molecule has 0 spiro atoms. The molecule has 1 fully saturated rings. The molecule has 1 N–H and O–H groups in total. The normalized spacial score (nSPS) is 14.8. The van der Waals surface area contributed by atoms with Crippen LogP contribution < -0.4 is 10.2 Å². The lowest BCUT2D eigenvalue weighted by atomic mass is 10.2. The van der Waals surface area contributed by atoms with E-state index in [0.29, 0.717) is 5.56 Å². The van der Waals surface area contributed by atoms with Gasteiger partial charge in [-0.15, -0.1) is 0 Å². The molecule has 0 atom stereocenters. The van der Waals surface area contributed by atoms with Crippen LogP contribution in [0.2, 0.25) is 0 Å². The lowest BCUT2D eigenvalue weighted by molar-refractivity contribution is 0.102. The molecule has 108 valence electrons. The maximum atomic E-state index is 12.1. The molecule has 1 heterocycles. The first kappa shape index (κ1) is 13.6. The number of rotatable bonds is 3. The smallest absolute Gasteiger partial charge is 0.255 e. The maximum Gasteiger partial charge on any atom is 0.255 e. The Kier molecular flexibility index (Phi) is 4.17. The van der Waals surface area contributed by atoms with Gasteiger partial charge < -0.3 is 15.0 Å². The number of anilines is 2. The number of hydrogen-bond acceptors (Lipinski definition) is 3. The molecular weight excluding hydrogens is 264 g/mol. The highest BCUT2D eigenvalue weighted by Gasteiger charge is 2.11. The molecule has 0 aromatic heterocycles. The Bertz CT molecular complexity index is 590. The molecule has 1 saturated heterocycles. The highest BCUT2D eigenvalue weighted by atomic mass is 16.5. The van der Waals surface area contributed by atoms with Crippen LogP contribution in [0.1, 0.15) is 10.4 Å². The molecular formula is C17H18N2O2. The van der Waals surface area contributed by atoms with Crippen LogP contribution in [-0.2, 0) is 4.74 Å². The molecule has 0 bridgehead atoms. The minimum Gasteiger partial charge on any atom is -0.378 e. The van der Waals surface area contributed by atoms with E-state index in [2.05, 4.69) is 10.2 Å². The van der Waals surface area contributed by atoms with Crippen molar-refractivity contribution in [2.45, 2.75) is 0 Å². The zero-order valence-electron chi connectivity index (χ0n) is 11.8. The van der Waals surface area contributed by atoms with Gasteiger partial charge in [-0.1, -0.05) is 18.2 Å². The number of ether oxygens (including phenoxy) is 1. The summed E-state index contributed by atoms with van der Waals surface area (Å²) < 4.78 is 5.35. The van der Waals surface area contributed by atoms with Crippen LogP contribution in [0.4, 0.5) is 11.4 Å². The van der Waals surface area contributed by atoms with E-state index in [9.17, 15) is 4.79 Å². The summed E-state index contributed by atoms with van der Waals surface area (Å²) in [6.45, 7) is 3.37. The summed E-state index contributed by atoms with van der Waals surface area (Å²) in [7, 11) is 0. The van der Waals surface area contributed by atoms with Gasteiger partial charge in [-0.3, -0.25) is 4.79 Å². The van der Waals surface area contributed by atoms with Crippen LogP contribution in [0.15, 0.2) is 54.6 Å². The molecule has 0 saturated carbocycles. The summed E-state index contributed by atoms with van der Waals surface area (Å²) >= 11 is 0. The number of nitrogens with one attached hydrogen (secondary N) is 1. The van der Waals surface area contributed by atoms with E-state index in [4.69, 9.17) is 4.74 Å². The van der Waals surface area contributed by atoms with Gasteiger partial charge >= 0.3 is 0 Å². The molecule has 4 nitrogen and oxygen atoms in total. The second-order valence-corrected chi connectivity index (χ2v) is 4.97. The van der Waals surface area contributed by atoms with E-state index in [1.165, 1.54) is 0 Å². The monoisotopic (exact) mass is 282 g/mol. The predicted molar refractivity (Wildman–Crippen MR) is 83.9 cm³/mol. The first-order chi connectivity index (χ1) is 10.3. The summed E-state index contributed by atoms with van der Waals surface area (Å²) in [4.78, 5) is 14.3. The van der Waals surface area contributed by atoms with Gasteiger partial charge in [0.1, 0.15) is 0 Å². The van der Waals surface area contributed by atoms with Crippen molar-refractivity contribution in [1.29, 1.82) is 0 Å². The third-order valence-electron chi connectivity index (χ3n) is 3.54. The van der Waals surface area contributed by atoms with Crippen molar-refractivity contribution in [3.05, 3.63) is 60.2 Å². The fourth-order valence-corrected chi connectivity index (χ4v) is 2.37. The standard InChI is InChI=1S/C17H18N2O2/c20-17(14-4-2-1-3-5-14)18-15-6-8-16(9-7-15)19-10-12-21-13-11-19/h1-9H,10-13H2,(H,18,20). The van der Waals surface area contributed by atoms with E-state index in [1.54, 1.807) is 12.1 Å². The Labute approximate surface area is 124 Å². The summed E-state index contributed by atoms with van der Waals surface area (Å²) in [5.74, 6) is -0.0882. The molecule has 4 heteroatoms. The predicted octanol–water partition coefficient (Wildman–Crippen LogP) is 2.78. The second kappa shape index (κ2) is 6.41. The van der Waals surface area contributed by atoms with Crippen LogP contribution in [0.5, 0.6) is 0 Å². The van der Waals surface area contributed by atoms with E-state index in [1.807, 2.05) is 42.5 Å². The highest BCUT2D eigenvalue weighted by Crippen LogP contribution is 2.19. The number of nitrogens with zero attached hydrogens (tertiary/aromatic N) is 1. The summed E-state index contributed by atoms with van der Waals surface area (Å²) in [5, 5.41) is 2.91. The van der Waals surface area contributed by atoms with Gasteiger partial charge in [0.05, 0.1) is 13.2 Å². The average molecular weight is 282 g/mol. The van der Waals surface area contributed by atoms with Crippen molar-refractivity contribution in [2.75, 3.05) is 36.5 Å². The SMILES string of the molecule is O=C(Nc1ccc(N2CCOCC2)cc1)c1ccccc1. The minimum atomic E-state index is -0.0882. The van der Waals surface area contributed by atoms with Crippen LogP contribution in [0, 0.1) is 0 Å². The molecule has 0 radical (unpaired) electrons. The zero-order chi connectivity index (χ0) is 14.5. The molecule has 1 aliphatic rings. The summed E-state index contributed by atoms with van der Waals surface area (Å²) in [6.07, 6.45) is 0. The van der Waals surface area contributed by atoms with E-state index in [-0.39, 0.29) is 5.91 Å². The fraction of sp³-hybridized carbons (Fsp3) is 0.235. The van der Waals surface area contributed by atoms with Gasteiger partial charge in [-0.25, -0.2) is 0 Å². The number of carbonyl (C=O) groups excluding carboxylic acids is 1. The fourth-order valence-electron chi connectivity index (χ4n) is 2.37. The second-order valence-electron chi connectivity index (χ2n) is 4.97. The van der Waals surface area contributed by atoms with Crippen LogP contribution >= 0.6 is 0 Å². The molecule has 1 aliphatic heterocycles. The van der Waals surface area contributed by atoms with Gasteiger partial charge in [0.25, 0.3) is 5.91 Å². The first-order valence-electron chi connectivity index (χ1n) is 7.12. The van der Waals surface area contributed by atoms with Gasteiger partial charge in [-0.2, -0.15) is 0 Å². The largest absolute Gasteiger partial charge is 0.378 e. The molecule has 3 rings (SSSR count). The number of amides is 1. The van der Waals surface area contributed by atoms with Gasteiger partial charge in [0.15, 0.2) is 0 Å². The number of benzene rings is 2. The van der Waals surface area contributed by atoms with Gasteiger partial charge in [0, 0.05) is 30.0 Å². The van der Waals surface area contributed by atoms with E-state index in [0.717, 1.165) is 37.7 Å². The van der Waals surface area contributed by atoms with E-state index < -0.39 is 0 Å². The molecule has 2 aromatic carbocycles. The van der Waals surface area contributed by atoms with Crippen molar-refractivity contribution in [3.63, 3.8) is 0 Å². The van der Waals surface area contributed by atoms with Crippen molar-refractivity contribution in [1.82, 2.24) is 0 Å². The van der Waals surface area contributed by atoms with Crippen molar-refractivity contribution in [3.8, 4) is 0 Å². The topological polar surface area (TPSA) is 41.6 Å². The van der Waals surface area contributed by atoms with Crippen LogP contribution in [0.3, 0.4) is 0 Å². The summed E-state index contributed by atoms with van der Waals surface area (Å²) in [6, 6.07) is 17.2. The lowest BCUT2D eigenvalue weighted by Gasteiger charge is -2.28. The number of morpholine rings is 1. The maximum absolute atomic E-state index is 12.1. The van der Waals surface area contributed by atoms with Gasteiger partial charge in [-0.05, 0) is 36.4 Å². The number of carbonyl (C=O) groups is 1. The minimum absolute atomic E-state index is 0.0882. The van der Waals surface area contributed by atoms with Crippen molar-refractivity contribution < 1.29 is 9.53 Å². The Morgan fingerprint density at radius 1 is 0.952 bits per heavy atom. The highest BCUT2D eigenvalue weighted by molar-refractivity contribution is 6.04. The Morgan fingerprint density at radius 3 is 2.29 bits per heavy atom. The third kappa shape index (κ3) is 3.41. The van der Waals surface area contributed by atoms with Crippen molar-refractivity contribution >= 4 is 17.3 Å². The Hall–Kier alpha value is -2.33. The Balaban J connectivity index is 1.65. The molecule has 1 amide bonds. The summed E-state index contributed by atoms with van der Waals surface area (Å²) in [5.41, 5.74) is 2.63. The average Bonchev–Trinajstić information content (AvgIpc) is 2.57. The van der Waals surface area contributed by atoms with Crippen LogP contribution in [-0.4, -0.2) is 32.2 Å². The lowest BCUT2D eigenvalue weighted by Crippen LogP contribution is -2.36. The third-order valence-corrected chi connectivity index (χ3v) is 3.54. The zero-order valence-corrected chi connectivity index (χ0v) is 11.8. The van der Waals surface area contributed by atoms with Crippen LogP contribution in [0.25, 0.3) is 0 Å². The first-order valence-corrected chi connectivity index (χ1v) is 7.12. The molecule has 21 heavy (non-hydrogen) atoms. The molecule has 0 unspecified atom stereocenters. The molecule has 0 aliphatic carbocycles. The van der Waals surface area contributed by atoms with Gasteiger partial charge in [0.2, 0.25) is 0 Å². The quantitative estimate of drug-likeness (QED) is 0.941. The number of hydrogen-bond donors (Lipinski definition) is 1. The van der Waals surface area contributed by atoms with E-state index >= 15 is 0 Å².